The van der Waals surface area contributed by atoms with E-state index in [0.717, 1.165) is 18.4 Å². The summed E-state index contributed by atoms with van der Waals surface area (Å²) in [5, 5.41) is 10.9. The molecule has 1 aromatic carbocycles. The molecule has 1 atom stereocenters. The van der Waals surface area contributed by atoms with E-state index in [9.17, 15) is 10.1 Å². The lowest BCUT2D eigenvalue weighted by Crippen LogP contribution is -2.12. The molecule has 2 rings (SSSR count). The molecule has 1 aromatic rings. The Balaban J connectivity index is 1.89. The molecule has 0 bridgehead atoms. The van der Waals surface area contributed by atoms with Crippen molar-refractivity contribution in [3.8, 4) is 0 Å². The highest BCUT2D eigenvalue weighted by molar-refractivity contribution is 6.20. The third kappa shape index (κ3) is 3.45. The van der Waals surface area contributed by atoms with Crippen LogP contribution in [0.15, 0.2) is 24.3 Å². The minimum Gasteiger partial charge on any atom is -0.258 e. The molecule has 1 aliphatic rings. The first kappa shape index (κ1) is 13.3. The standard InChI is InChI=1S/C14H18ClNO2/c15-14(12-5-1-2-6-12)9-8-11-4-3-7-13(10-11)16(17)18/h3-4,7,10,12,14H,1-2,5-6,8-9H2. The number of halogens is 1. The van der Waals surface area contributed by atoms with Crippen molar-refractivity contribution in [3.05, 3.63) is 39.9 Å². The number of nitro groups is 1. The van der Waals surface area contributed by atoms with Gasteiger partial charge in [0.05, 0.1) is 4.92 Å². The molecule has 1 fully saturated rings. The Bertz CT molecular complexity index is 416. The highest BCUT2D eigenvalue weighted by Gasteiger charge is 2.22. The van der Waals surface area contributed by atoms with Gasteiger partial charge in [-0.05, 0) is 37.2 Å². The Hall–Kier alpha value is -1.09. The molecule has 1 saturated carbocycles. The van der Waals surface area contributed by atoms with Crippen LogP contribution >= 0.6 is 11.6 Å². The summed E-state index contributed by atoms with van der Waals surface area (Å²) in [4.78, 5) is 10.3. The van der Waals surface area contributed by atoms with Crippen molar-refractivity contribution in [1.82, 2.24) is 0 Å². The lowest BCUT2D eigenvalue weighted by molar-refractivity contribution is -0.384. The van der Waals surface area contributed by atoms with Crippen LogP contribution in [0, 0.1) is 16.0 Å². The summed E-state index contributed by atoms with van der Waals surface area (Å²) < 4.78 is 0. The van der Waals surface area contributed by atoms with E-state index in [2.05, 4.69) is 0 Å². The fraction of sp³-hybridized carbons (Fsp3) is 0.571. The molecule has 1 aliphatic carbocycles. The molecule has 3 nitrogen and oxygen atoms in total. The second kappa shape index (κ2) is 6.19. The van der Waals surface area contributed by atoms with E-state index >= 15 is 0 Å². The third-order valence-electron chi connectivity index (χ3n) is 3.74. The SMILES string of the molecule is O=[N+]([O-])c1cccc(CCC(Cl)C2CCCC2)c1. The molecule has 0 saturated heterocycles. The molecule has 0 aromatic heterocycles. The normalized spacial score (nSPS) is 17.8. The fourth-order valence-corrected chi connectivity index (χ4v) is 3.05. The second-order valence-corrected chi connectivity index (χ2v) is 5.59. The number of non-ortho nitro benzene ring substituents is 1. The van der Waals surface area contributed by atoms with Crippen LogP contribution in [0.3, 0.4) is 0 Å². The molecule has 0 heterocycles. The topological polar surface area (TPSA) is 43.1 Å². The van der Waals surface area contributed by atoms with Gasteiger partial charge in [-0.3, -0.25) is 10.1 Å². The smallest absolute Gasteiger partial charge is 0.258 e. The number of rotatable bonds is 5. The Morgan fingerprint density at radius 2 is 2.11 bits per heavy atom. The van der Waals surface area contributed by atoms with Crippen LogP contribution in [0.2, 0.25) is 0 Å². The van der Waals surface area contributed by atoms with Crippen LogP contribution in [0.4, 0.5) is 5.69 Å². The van der Waals surface area contributed by atoms with Crippen LogP contribution in [0.1, 0.15) is 37.7 Å². The van der Waals surface area contributed by atoms with Gasteiger partial charge >= 0.3 is 0 Å². The summed E-state index contributed by atoms with van der Waals surface area (Å²) >= 11 is 6.41. The number of hydrogen-bond acceptors (Lipinski definition) is 2. The zero-order chi connectivity index (χ0) is 13.0. The molecule has 0 N–H and O–H groups in total. The number of nitro benzene ring substituents is 1. The molecular formula is C14H18ClNO2. The summed E-state index contributed by atoms with van der Waals surface area (Å²) in [6.45, 7) is 0. The Morgan fingerprint density at radius 1 is 1.39 bits per heavy atom. The summed E-state index contributed by atoms with van der Waals surface area (Å²) in [5.41, 5.74) is 1.17. The van der Waals surface area contributed by atoms with Gasteiger partial charge in [-0.15, -0.1) is 11.6 Å². The van der Waals surface area contributed by atoms with Crippen molar-refractivity contribution < 1.29 is 4.92 Å². The summed E-state index contributed by atoms with van der Waals surface area (Å²) in [6.07, 6.45) is 6.81. The van der Waals surface area contributed by atoms with E-state index in [1.807, 2.05) is 6.07 Å². The molecule has 18 heavy (non-hydrogen) atoms. The zero-order valence-corrected chi connectivity index (χ0v) is 11.1. The fourth-order valence-electron chi connectivity index (χ4n) is 2.68. The van der Waals surface area contributed by atoms with Crippen molar-refractivity contribution in [2.45, 2.75) is 43.9 Å². The third-order valence-corrected chi connectivity index (χ3v) is 4.32. The maximum Gasteiger partial charge on any atom is 0.269 e. The maximum absolute atomic E-state index is 10.7. The molecule has 0 aliphatic heterocycles. The molecule has 4 heteroatoms. The number of nitrogens with zero attached hydrogens (tertiary/aromatic N) is 1. The predicted octanol–water partition coefficient (Wildman–Crippen LogP) is 4.33. The summed E-state index contributed by atoms with van der Waals surface area (Å²) in [6, 6.07) is 6.86. The van der Waals surface area contributed by atoms with Gasteiger partial charge in [0.1, 0.15) is 0 Å². The van der Waals surface area contributed by atoms with Crippen LogP contribution in [-0.2, 0) is 6.42 Å². The van der Waals surface area contributed by atoms with Gasteiger partial charge in [-0.25, -0.2) is 0 Å². The van der Waals surface area contributed by atoms with Gasteiger partial charge < -0.3 is 0 Å². The number of alkyl halides is 1. The molecule has 0 amide bonds. The van der Waals surface area contributed by atoms with Gasteiger partial charge in [0.15, 0.2) is 0 Å². The Morgan fingerprint density at radius 3 is 2.78 bits per heavy atom. The van der Waals surface area contributed by atoms with Crippen LogP contribution in [0.5, 0.6) is 0 Å². The highest BCUT2D eigenvalue weighted by Crippen LogP contribution is 2.32. The minimum atomic E-state index is -0.349. The van der Waals surface area contributed by atoms with E-state index in [0.29, 0.717) is 5.92 Å². The molecule has 98 valence electrons. The summed E-state index contributed by atoms with van der Waals surface area (Å²) in [5.74, 6) is 0.644. The van der Waals surface area contributed by atoms with E-state index in [1.165, 1.54) is 31.7 Å². The molecule has 0 radical (unpaired) electrons. The quantitative estimate of drug-likeness (QED) is 0.453. The number of hydrogen-bond donors (Lipinski definition) is 0. The number of benzene rings is 1. The van der Waals surface area contributed by atoms with Gasteiger partial charge in [-0.1, -0.05) is 25.0 Å². The van der Waals surface area contributed by atoms with Crippen molar-refractivity contribution in [2.75, 3.05) is 0 Å². The molecule has 1 unspecified atom stereocenters. The van der Waals surface area contributed by atoms with E-state index in [4.69, 9.17) is 11.6 Å². The lowest BCUT2D eigenvalue weighted by atomic mass is 9.97. The van der Waals surface area contributed by atoms with Gasteiger partial charge in [0.2, 0.25) is 0 Å². The molecule has 0 spiro atoms. The average molecular weight is 268 g/mol. The lowest BCUT2D eigenvalue weighted by Gasteiger charge is -2.16. The first-order chi connectivity index (χ1) is 8.66. The van der Waals surface area contributed by atoms with Gasteiger partial charge in [0.25, 0.3) is 5.69 Å². The minimum absolute atomic E-state index is 0.166. The first-order valence-corrected chi connectivity index (χ1v) is 6.98. The Labute approximate surface area is 112 Å². The maximum atomic E-state index is 10.7. The van der Waals surface area contributed by atoms with Gasteiger partial charge in [-0.2, -0.15) is 0 Å². The highest BCUT2D eigenvalue weighted by atomic mass is 35.5. The van der Waals surface area contributed by atoms with Crippen LogP contribution < -0.4 is 0 Å². The van der Waals surface area contributed by atoms with Crippen LogP contribution in [-0.4, -0.2) is 10.3 Å². The van der Waals surface area contributed by atoms with Crippen LogP contribution in [0.25, 0.3) is 0 Å². The van der Waals surface area contributed by atoms with Crippen molar-refractivity contribution >= 4 is 17.3 Å². The monoisotopic (exact) mass is 267 g/mol. The van der Waals surface area contributed by atoms with E-state index in [-0.39, 0.29) is 16.0 Å². The molecular weight excluding hydrogens is 250 g/mol. The summed E-state index contributed by atoms with van der Waals surface area (Å²) in [7, 11) is 0. The van der Waals surface area contributed by atoms with Crippen molar-refractivity contribution in [3.63, 3.8) is 0 Å². The van der Waals surface area contributed by atoms with Crippen molar-refractivity contribution in [2.24, 2.45) is 5.92 Å². The second-order valence-electron chi connectivity index (χ2n) is 5.03. The predicted molar refractivity (Wildman–Crippen MR) is 73.0 cm³/mol. The zero-order valence-electron chi connectivity index (χ0n) is 10.3. The average Bonchev–Trinajstić information content (AvgIpc) is 2.90. The first-order valence-electron chi connectivity index (χ1n) is 6.54. The van der Waals surface area contributed by atoms with Crippen molar-refractivity contribution in [1.29, 1.82) is 0 Å². The van der Waals surface area contributed by atoms with Gasteiger partial charge in [0, 0.05) is 17.5 Å². The number of aryl methyl sites for hydroxylation is 1. The Kier molecular flexibility index (Phi) is 4.59. The van der Waals surface area contributed by atoms with E-state index in [1.54, 1.807) is 12.1 Å². The largest absolute Gasteiger partial charge is 0.269 e. The van der Waals surface area contributed by atoms with E-state index < -0.39 is 0 Å².